The lowest BCUT2D eigenvalue weighted by Gasteiger charge is -2.34. The van der Waals surface area contributed by atoms with Crippen LogP contribution in [0.4, 0.5) is 10.5 Å². The van der Waals surface area contributed by atoms with Gasteiger partial charge in [0.25, 0.3) is 0 Å². The molecule has 1 amide bonds. The Hall–Kier alpha value is -1.75. The van der Waals surface area contributed by atoms with E-state index in [0.717, 1.165) is 17.7 Å². The molecule has 0 aromatic heterocycles. The number of carbonyl (C=O) groups excluding carboxylic acids is 1. The van der Waals surface area contributed by atoms with Crippen LogP contribution in [0.3, 0.4) is 0 Å². The van der Waals surface area contributed by atoms with Crippen LogP contribution in [0.25, 0.3) is 0 Å². The second-order valence-electron chi connectivity index (χ2n) is 6.99. The molecule has 120 valence electrons. The number of morpholine rings is 1. The van der Waals surface area contributed by atoms with Crippen LogP contribution in [0.5, 0.6) is 0 Å². The summed E-state index contributed by atoms with van der Waals surface area (Å²) in [5.74, 6) is 0. The molecule has 2 saturated heterocycles. The van der Waals surface area contributed by atoms with Gasteiger partial charge in [-0.25, -0.2) is 4.79 Å². The van der Waals surface area contributed by atoms with Crippen molar-refractivity contribution >= 4 is 11.8 Å². The van der Waals surface area contributed by atoms with Crippen LogP contribution in [-0.4, -0.2) is 42.3 Å². The van der Waals surface area contributed by atoms with Crippen molar-refractivity contribution in [1.29, 1.82) is 0 Å². The standard InChI is InChI=1S/C17H24N2O3/c1-17(2,3)22-16(20)19-10-13-9-14(19)15(21-13)11-5-7-12(18-4)8-6-11/h5-8,13-15,18H,9-10H2,1-4H3. The number of rotatable bonds is 2. The SMILES string of the molecule is CNc1ccc(C2OC3CC2N(C(=O)OC(C)(C)C)C3)cc1. The molecular formula is C17H24N2O3. The Labute approximate surface area is 131 Å². The first kappa shape index (κ1) is 15.2. The molecule has 0 radical (unpaired) electrons. The molecule has 3 unspecified atom stereocenters. The highest BCUT2D eigenvalue weighted by Crippen LogP contribution is 2.42. The Morgan fingerprint density at radius 3 is 2.55 bits per heavy atom. The van der Waals surface area contributed by atoms with Crippen LogP contribution in [0.15, 0.2) is 24.3 Å². The second kappa shape index (κ2) is 5.47. The van der Waals surface area contributed by atoms with Gasteiger partial charge in [0.05, 0.1) is 18.7 Å². The minimum atomic E-state index is -0.469. The predicted octanol–water partition coefficient (Wildman–Crippen LogP) is 3.18. The smallest absolute Gasteiger partial charge is 0.410 e. The van der Waals surface area contributed by atoms with Gasteiger partial charge in [0.1, 0.15) is 11.7 Å². The maximum absolute atomic E-state index is 12.4. The van der Waals surface area contributed by atoms with Crippen LogP contribution in [0.1, 0.15) is 38.9 Å². The Morgan fingerprint density at radius 1 is 1.32 bits per heavy atom. The fraction of sp³-hybridized carbons (Fsp3) is 0.588. The van der Waals surface area contributed by atoms with Crippen molar-refractivity contribution in [3.05, 3.63) is 29.8 Å². The minimum absolute atomic E-state index is 0.0582. The van der Waals surface area contributed by atoms with E-state index in [-0.39, 0.29) is 24.3 Å². The summed E-state index contributed by atoms with van der Waals surface area (Å²) in [6.45, 7) is 6.31. The molecule has 2 aliphatic heterocycles. The van der Waals surface area contributed by atoms with Gasteiger partial charge in [-0.1, -0.05) is 12.1 Å². The van der Waals surface area contributed by atoms with Gasteiger partial charge >= 0.3 is 6.09 Å². The fourth-order valence-electron chi connectivity index (χ4n) is 3.18. The molecular weight excluding hydrogens is 280 g/mol. The Morgan fingerprint density at radius 2 is 2.00 bits per heavy atom. The van der Waals surface area contributed by atoms with E-state index in [1.54, 1.807) is 0 Å². The highest BCUT2D eigenvalue weighted by atomic mass is 16.6. The summed E-state index contributed by atoms with van der Waals surface area (Å²) in [6, 6.07) is 8.25. The molecule has 2 heterocycles. The average molecular weight is 304 g/mol. The lowest BCUT2D eigenvalue weighted by Crippen LogP contribution is -2.45. The quantitative estimate of drug-likeness (QED) is 0.911. The third-order valence-corrected chi connectivity index (χ3v) is 4.15. The molecule has 5 heteroatoms. The van der Waals surface area contributed by atoms with Gasteiger partial charge in [-0.3, -0.25) is 4.90 Å². The lowest BCUT2D eigenvalue weighted by atomic mass is 10.0. The van der Waals surface area contributed by atoms with Gasteiger partial charge in [-0.2, -0.15) is 0 Å². The van der Waals surface area contributed by atoms with E-state index in [9.17, 15) is 4.79 Å². The van der Waals surface area contributed by atoms with Crippen LogP contribution in [-0.2, 0) is 9.47 Å². The maximum atomic E-state index is 12.4. The molecule has 0 spiro atoms. The monoisotopic (exact) mass is 304 g/mol. The molecule has 1 aromatic rings. The first-order chi connectivity index (χ1) is 10.4. The number of benzene rings is 1. The number of nitrogens with zero attached hydrogens (tertiary/aromatic N) is 1. The topological polar surface area (TPSA) is 50.8 Å². The van der Waals surface area contributed by atoms with Crippen LogP contribution in [0, 0.1) is 0 Å². The van der Waals surface area contributed by atoms with Gasteiger partial charge < -0.3 is 14.8 Å². The summed E-state index contributed by atoms with van der Waals surface area (Å²) in [6.07, 6.45) is 0.710. The van der Waals surface area contributed by atoms with Crippen molar-refractivity contribution in [2.45, 2.75) is 51.0 Å². The largest absolute Gasteiger partial charge is 0.444 e. The van der Waals surface area contributed by atoms with Gasteiger partial charge in [0.15, 0.2) is 0 Å². The van der Waals surface area contributed by atoms with Crippen molar-refractivity contribution in [3.63, 3.8) is 0 Å². The van der Waals surface area contributed by atoms with Crippen molar-refractivity contribution in [2.75, 3.05) is 18.9 Å². The number of anilines is 1. The maximum Gasteiger partial charge on any atom is 0.410 e. The third-order valence-electron chi connectivity index (χ3n) is 4.15. The molecule has 0 saturated carbocycles. The van der Waals surface area contributed by atoms with Crippen molar-refractivity contribution < 1.29 is 14.3 Å². The number of nitrogens with one attached hydrogen (secondary N) is 1. The van der Waals surface area contributed by atoms with E-state index in [1.807, 2.05) is 44.9 Å². The van der Waals surface area contributed by atoms with E-state index in [1.165, 1.54) is 0 Å². The van der Waals surface area contributed by atoms with E-state index in [2.05, 4.69) is 17.4 Å². The van der Waals surface area contributed by atoms with Gasteiger partial charge in [0.2, 0.25) is 0 Å². The number of hydrogen-bond donors (Lipinski definition) is 1. The summed E-state index contributed by atoms with van der Waals surface area (Å²) in [5, 5.41) is 3.11. The van der Waals surface area contributed by atoms with Gasteiger partial charge in [-0.15, -0.1) is 0 Å². The Bertz CT molecular complexity index is 550. The van der Waals surface area contributed by atoms with Gasteiger partial charge in [0, 0.05) is 12.7 Å². The molecule has 2 fully saturated rings. The average Bonchev–Trinajstić information content (AvgIpc) is 3.06. The van der Waals surface area contributed by atoms with E-state index in [4.69, 9.17) is 9.47 Å². The van der Waals surface area contributed by atoms with Crippen molar-refractivity contribution in [3.8, 4) is 0 Å². The zero-order chi connectivity index (χ0) is 15.9. The molecule has 22 heavy (non-hydrogen) atoms. The first-order valence-electron chi connectivity index (χ1n) is 7.80. The van der Waals surface area contributed by atoms with Crippen molar-refractivity contribution in [1.82, 2.24) is 4.90 Å². The summed E-state index contributed by atoms with van der Waals surface area (Å²) in [4.78, 5) is 14.2. The third kappa shape index (κ3) is 2.90. The fourth-order valence-corrected chi connectivity index (χ4v) is 3.18. The molecule has 0 aliphatic carbocycles. The number of likely N-dealkylation sites (tertiary alicyclic amines) is 1. The summed E-state index contributed by atoms with van der Waals surface area (Å²) >= 11 is 0. The summed E-state index contributed by atoms with van der Waals surface area (Å²) in [7, 11) is 1.90. The number of carbonyl (C=O) groups is 1. The Balaban J connectivity index is 1.74. The zero-order valence-corrected chi connectivity index (χ0v) is 13.6. The number of ether oxygens (including phenoxy) is 2. The van der Waals surface area contributed by atoms with Crippen molar-refractivity contribution in [2.24, 2.45) is 0 Å². The van der Waals surface area contributed by atoms with Crippen LogP contribution in [0.2, 0.25) is 0 Å². The van der Waals surface area contributed by atoms with E-state index in [0.29, 0.717) is 6.54 Å². The van der Waals surface area contributed by atoms with Gasteiger partial charge in [-0.05, 0) is 44.9 Å². The molecule has 5 nitrogen and oxygen atoms in total. The summed E-state index contributed by atoms with van der Waals surface area (Å²) < 4.78 is 11.6. The number of hydrogen-bond acceptors (Lipinski definition) is 4. The lowest BCUT2D eigenvalue weighted by molar-refractivity contribution is -0.0467. The molecule has 2 aliphatic rings. The molecule has 1 aromatic carbocycles. The molecule has 3 rings (SSSR count). The number of fused-ring (bicyclic) bond motifs is 2. The Kier molecular flexibility index (Phi) is 3.77. The minimum Gasteiger partial charge on any atom is -0.444 e. The van der Waals surface area contributed by atoms with E-state index < -0.39 is 5.60 Å². The zero-order valence-electron chi connectivity index (χ0n) is 13.6. The normalized spacial score (nSPS) is 27.1. The first-order valence-corrected chi connectivity index (χ1v) is 7.80. The van der Waals surface area contributed by atoms with Crippen LogP contribution >= 0.6 is 0 Å². The second-order valence-corrected chi connectivity index (χ2v) is 6.99. The number of amides is 1. The highest BCUT2D eigenvalue weighted by Gasteiger charge is 2.49. The van der Waals surface area contributed by atoms with E-state index >= 15 is 0 Å². The summed E-state index contributed by atoms with van der Waals surface area (Å²) in [5.41, 5.74) is 1.71. The predicted molar refractivity (Wildman–Crippen MR) is 84.9 cm³/mol. The molecule has 2 bridgehead atoms. The molecule has 1 N–H and O–H groups in total. The highest BCUT2D eigenvalue weighted by molar-refractivity contribution is 5.69. The van der Waals surface area contributed by atoms with Crippen LogP contribution < -0.4 is 5.32 Å². The molecule has 3 atom stereocenters.